The Balaban J connectivity index is 0.00000105. The van der Waals surface area contributed by atoms with Crippen LogP contribution in [0.1, 0.15) is 31.3 Å². The summed E-state index contributed by atoms with van der Waals surface area (Å²) in [4.78, 5) is 56.8. The minimum absolute atomic E-state index is 0. The number of carbonyl (C=O) groups is 2. The van der Waals surface area contributed by atoms with Gasteiger partial charge in [0.25, 0.3) is 11.5 Å². The Kier molecular flexibility index (Phi) is 12.3. The van der Waals surface area contributed by atoms with Crippen LogP contribution in [-0.4, -0.2) is 55.7 Å². The number of benzene rings is 2. The van der Waals surface area contributed by atoms with Crippen LogP contribution < -0.4 is 31.0 Å². The van der Waals surface area contributed by atoms with Gasteiger partial charge in [0.05, 0.1) is 36.7 Å². The quantitative estimate of drug-likeness (QED) is 0.0772. The number of hydrogen-bond donors (Lipinski definition) is 3. The van der Waals surface area contributed by atoms with Crippen molar-refractivity contribution in [1.82, 2.24) is 19.3 Å². The molecule has 2 aromatic carbocycles. The summed E-state index contributed by atoms with van der Waals surface area (Å²) in [6.07, 6.45) is 2.48. The number of nitrogens with one attached hydrogen (secondary N) is 1. The first kappa shape index (κ1) is 36.3. The van der Waals surface area contributed by atoms with Gasteiger partial charge in [-0.3, -0.25) is 24.0 Å². The number of rotatable bonds is 11. The van der Waals surface area contributed by atoms with E-state index in [1.807, 2.05) is 24.3 Å². The molecule has 258 valence electrons. The highest BCUT2D eigenvalue weighted by Gasteiger charge is 2.26. The third kappa shape index (κ3) is 9.10. The molecule has 1 amide bonds. The number of carbonyl (C=O) groups excluding carboxylic acids is 2. The van der Waals surface area contributed by atoms with Crippen molar-refractivity contribution in [2.45, 2.75) is 39.5 Å². The van der Waals surface area contributed by atoms with Crippen LogP contribution in [0.25, 0.3) is 16.6 Å². The molecule has 0 radical (unpaired) electrons. The summed E-state index contributed by atoms with van der Waals surface area (Å²) < 4.78 is 31.4. The van der Waals surface area contributed by atoms with Crippen LogP contribution in [0.5, 0.6) is 17.2 Å². The van der Waals surface area contributed by atoms with Crippen molar-refractivity contribution < 1.29 is 44.6 Å². The molecule has 0 aliphatic rings. The molecule has 5 aromatic rings. The third-order valence-electron chi connectivity index (χ3n) is 6.93. The smallest absolute Gasteiger partial charge is 0.521 e. The van der Waals surface area contributed by atoms with Gasteiger partial charge in [0, 0.05) is 23.8 Å². The molecular weight excluding hydrogens is 659 g/mol. The van der Waals surface area contributed by atoms with E-state index in [9.17, 15) is 14.4 Å². The molecule has 17 heteroatoms. The number of anilines is 1. The molecule has 3 heterocycles. The minimum Gasteiger partial charge on any atom is -0.565 e. The second kappa shape index (κ2) is 16.5. The number of aromatic nitrogens is 4. The molecule has 0 aliphatic heterocycles. The number of para-hydroxylation sites is 1. The molecule has 16 nitrogen and oxygen atoms in total. The summed E-state index contributed by atoms with van der Waals surface area (Å²) in [6, 6.07) is 18.6. The summed E-state index contributed by atoms with van der Waals surface area (Å²) in [5, 5.41) is 10.5. The molecule has 0 aliphatic carbocycles. The molecule has 0 spiro atoms. The van der Waals surface area contributed by atoms with Crippen molar-refractivity contribution in [2.75, 3.05) is 12.4 Å². The summed E-state index contributed by atoms with van der Waals surface area (Å²) in [6.45, 7) is 5.00. The molecule has 0 bridgehead atoms. The van der Waals surface area contributed by atoms with Gasteiger partial charge in [-0.25, -0.2) is 14.9 Å². The number of amides is 1. The van der Waals surface area contributed by atoms with Crippen molar-refractivity contribution in [3.63, 3.8) is 0 Å². The topological polar surface area (TPSA) is 222 Å². The van der Waals surface area contributed by atoms with Crippen LogP contribution in [0, 0.1) is 6.92 Å². The van der Waals surface area contributed by atoms with Crippen molar-refractivity contribution in [2.24, 2.45) is 5.73 Å². The van der Waals surface area contributed by atoms with E-state index in [0.29, 0.717) is 34.1 Å². The zero-order chi connectivity index (χ0) is 35.7. The second-order valence-corrected chi connectivity index (χ2v) is 11.1. The fraction of sp³-hybridized carbons (Fsp3) is 0.219. The predicted octanol–water partition coefficient (Wildman–Crippen LogP) is 3.96. The number of pyridine rings is 2. The molecule has 0 fully saturated rings. The molecule has 3 aromatic heterocycles. The maximum atomic E-state index is 13.7. The van der Waals surface area contributed by atoms with Gasteiger partial charge < -0.3 is 30.2 Å². The van der Waals surface area contributed by atoms with E-state index < -0.39 is 37.8 Å². The van der Waals surface area contributed by atoms with E-state index in [2.05, 4.69) is 20.0 Å². The maximum Gasteiger partial charge on any atom is 0.521 e. The van der Waals surface area contributed by atoms with Crippen molar-refractivity contribution >= 4 is 36.9 Å². The van der Waals surface area contributed by atoms with E-state index in [4.69, 9.17) is 34.7 Å². The van der Waals surface area contributed by atoms with Gasteiger partial charge in [-0.15, -0.1) is 0 Å². The molecule has 0 saturated heterocycles. The molecule has 49 heavy (non-hydrogen) atoms. The lowest BCUT2D eigenvalue weighted by Gasteiger charge is -2.19. The predicted molar refractivity (Wildman–Crippen MR) is 178 cm³/mol. The summed E-state index contributed by atoms with van der Waals surface area (Å²) in [7, 11) is -1.45. The van der Waals surface area contributed by atoms with Crippen LogP contribution in [0.2, 0.25) is 0 Å². The van der Waals surface area contributed by atoms with Crippen LogP contribution >= 0.6 is 8.25 Å². The summed E-state index contributed by atoms with van der Waals surface area (Å²) in [5.41, 5.74) is 6.69. The first-order valence-electron chi connectivity index (χ1n) is 14.6. The lowest BCUT2D eigenvalue weighted by Crippen LogP contribution is -2.34. The molecule has 5 rings (SSSR count). The first-order chi connectivity index (χ1) is 23.4. The molecular formula is C32H35N6O10P. The highest BCUT2D eigenvalue weighted by Crippen LogP contribution is 2.31. The number of nitrogens with zero attached hydrogens (tertiary/aromatic N) is 4. The van der Waals surface area contributed by atoms with E-state index >= 15 is 0 Å². The zero-order valence-corrected chi connectivity index (χ0v) is 27.7. The number of methoxy groups -OCH3 is 1. The van der Waals surface area contributed by atoms with E-state index in [-0.39, 0.29) is 19.4 Å². The average molecular weight is 695 g/mol. The summed E-state index contributed by atoms with van der Waals surface area (Å²) in [5.74, 6) is 0.731. The molecule has 3 atom stereocenters. The second-order valence-electron chi connectivity index (χ2n) is 10.5. The highest BCUT2D eigenvalue weighted by molar-refractivity contribution is 7.30. The SMILES string of the molecule is COc1ccc2c(Oc3ccc(NC(=O)c4c(C)n(C[C@@H](C)OC(=O)[C@H](C)N)n(-c5ccccc5)c4=O)nc3)ccnc2c1.O=[P+]([O-])OO.[HH]. The Bertz CT molecular complexity index is 2010. The van der Waals surface area contributed by atoms with Gasteiger partial charge >= 0.3 is 14.2 Å². The highest BCUT2D eigenvalue weighted by atomic mass is 31.1. The van der Waals surface area contributed by atoms with Crippen LogP contribution in [0.4, 0.5) is 5.82 Å². The maximum absolute atomic E-state index is 13.7. The van der Waals surface area contributed by atoms with Gasteiger partial charge in [-0.05, 0) is 67.8 Å². The van der Waals surface area contributed by atoms with Crippen molar-refractivity contribution in [3.05, 3.63) is 101 Å². The van der Waals surface area contributed by atoms with Gasteiger partial charge in [0.1, 0.15) is 40.8 Å². The minimum atomic E-state index is -3.04. The van der Waals surface area contributed by atoms with E-state index in [1.165, 1.54) is 17.8 Å². The standard InChI is InChI=1S/C32H32N6O6.HO4P.H2/c1-19(43-32(41)20(2)33)18-37-21(3)29(31(40)38(37)22-8-6-5-7-9-22)30(39)36-28-13-11-24(17-35-28)44-27-14-15-34-26-16-23(42-4)10-12-25(26)27;1-4-5(2)3;/h5-17,19-20H,18,33H2,1-4H3,(H,35,36,39);1H;1H/t19-,20+;;/m1../s1. The number of hydrogen-bond acceptors (Lipinski definition) is 13. The van der Waals surface area contributed by atoms with Gasteiger partial charge in [0.2, 0.25) is 0 Å². The molecule has 4 N–H and O–H groups in total. The molecule has 0 saturated carbocycles. The van der Waals surface area contributed by atoms with Crippen LogP contribution in [0.15, 0.2) is 83.9 Å². The lowest BCUT2D eigenvalue weighted by molar-refractivity contribution is -0.244. The normalized spacial score (nSPS) is 12.3. The first-order valence-corrected chi connectivity index (χ1v) is 15.7. The van der Waals surface area contributed by atoms with Crippen molar-refractivity contribution in [1.29, 1.82) is 0 Å². The Morgan fingerprint density at radius 1 is 1.08 bits per heavy atom. The zero-order valence-electron chi connectivity index (χ0n) is 26.8. The van der Waals surface area contributed by atoms with Crippen molar-refractivity contribution in [3.8, 4) is 22.9 Å². The number of esters is 1. The number of ether oxygens (including phenoxy) is 3. The fourth-order valence-corrected chi connectivity index (χ4v) is 4.68. The Morgan fingerprint density at radius 3 is 2.39 bits per heavy atom. The largest absolute Gasteiger partial charge is 0.565 e. The average Bonchev–Trinajstić information content (AvgIpc) is 3.33. The fourth-order valence-electron chi connectivity index (χ4n) is 4.68. The Morgan fingerprint density at radius 2 is 1.78 bits per heavy atom. The molecule has 1 unspecified atom stereocenters. The van der Waals surface area contributed by atoms with Crippen LogP contribution in [0.3, 0.4) is 0 Å². The van der Waals surface area contributed by atoms with Gasteiger partial charge in [0.15, 0.2) is 0 Å². The lowest BCUT2D eigenvalue weighted by atomic mass is 10.2. The number of nitrogens with two attached hydrogens (primary N) is 1. The monoisotopic (exact) mass is 694 g/mol. The number of fused-ring (bicyclic) bond motifs is 1. The van der Waals surface area contributed by atoms with E-state index in [1.54, 1.807) is 74.3 Å². The van der Waals surface area contributed by atoms with Crippen LogP contribution in [-0.2, 0) is 25.3 Å². The third-order valence-corrected chi connectivity index (χ3v) is 7.06. The summed E-state index contributed by atoms with van der Waals surface area (Å²) >= 11 is 0. The van der Waals surface area contributed by atoms with Gasteiger partial charge in [-0.1, -0.05) is 18.2 Å². The van der Waals surface area contributed by atoms with E-state index in [0.717, 1.165) is 5.39 Å². The Hall–Kier alpha value is -5.51. The Labute approximate surface area is 282 Å². The van der Waals surface area contributed by atoms with Gasteiger partial charge in [-0.2, -0.15) is 0 Å².